The summed E-state index contributed by atoms with van der Waals surface area (Å²) < 4.78 is 26.2. The van der Waals surface area contributed by atoms with Crippen molar-refractivity contribution < 1.29 is 23.5 Å². The molecule has 0 N–H and O–H groups in total. The standard InChI is InChI=1S/C29H30FNO4/c1-17-26(29(33)35-21-7-3-4-8-21)27(22-9-5-6-10-23(22)30)28-24(31-17)15-19(16-25(28)32)18-11-13-20(34-2)14-12-18/h5-6,9-14,19,21,26-27H,3-4,7-8,15-16H2,1-2H3/t19-,26?,27+/m0/s1. The van der Waals surface area contributed by atoms with Gasteiger partial charge in [0, 0.05) is 29.3 Å². The van der Waals surface area contributed by atoms with E-state index in [1.165, 1.54) is 6.07 Å². The van der Waals surface area contributed by atoms with Gasteiger partial charge >= 0.3 is 5.97 Å². The van der Waals surface area contributed by atoms with E-state index in [0.29, 0.717) is 29.0 Å². The average molecular weight is 476 g/mol. The lowest BCUT2D eigenvalue weighted by Gasteiger charge is -2.37. The number of esters is 1. The van der Waals surface area contributed by atoms with Crippen LogP contribution < -0.4 is 4.74 Å². The first-order chi connectivity index (χ1) is 17.0. The Kier molecular flexibility index (Phi) is 6.54. The minimum Gasteiger partial charge on any atom is -0.497 e. The Morgan fingerprint density at radius 2 is 1.74 bits per heavy atom. The minimum atomic E-state index is -0.812. The van der Waals surface area contributed by atoms with Crippen molar-refractivity contribution in [3.05, 3.63) is 76.7 Å². The average Bonchev–Trinajstić information content (AvgIpc) is 3.36. The number of Topliss-reactive ketones (excluding diaryl/α,β-unsaturated/α-hetero) is 1. The first kappa shape index (κ1) is 23.5. The summed E-state index contributed by atoms with van der Waals surface area (Å²) in [6.07, 6.45) is 4.48. The number of ketones is 1. The van der Waals surface area contributed by atoms with Crippen molar-refractivity contribution in [1.29, 1.82) is 0 Å². The predicted octanol–water partition coefficient (Wildman–Crippen LogP) is 5.90. The van der Waals surface area contributed by atoms with Crippen molar-refractivity contribution in [3.63, 3.8) is 0 Å². The van der Waals surface area contributed by atoms with Crippen LogP contribution in [0.1, 0.15) is 68.4 Å². The third-order valence-corrected chi connectivity index (χ3v) is 7.56. The van der Waals surface area contributed by atoms with E-state index in [-0.39, 0.29) is 24.2 Å². The van der Waals surface area contributed by atoms with Gasteiger partial charge in [-0.1, -0.05) is 30.3 Å². The molecule has 182 valence electrons. The molecule has 6 heteroatoms. The van der Waals surface area contributed by atoms with Crippen molar-refractivity contribution in [2.75, 3.05) is 7.11 Å². The molecule has 1 unspecified atom stereocenters. The quantitative estimate of drug-likeness (QED) is 0.506. The number of benzene rings is 2. The molecule has 3 aliphatic rings. The van der Waals surface area contributed by atoms with Crippen LogP contribution in [0.5, 0.6) is 5.75 Å². The maximum absolute atomic E-state index is 15.1. The molecular formula is C29H30FNO4. The molecule has 0 radical (unpaired) electrons. The van der Waals surface area contributed by atoms with Crippen molar-refractivity contribution in [3.8, 4) is 5.75 Å². The van der Waals surface area contributed by atoms with E-state index >= 15 is 4.39 Å². The van der Waals surface area contributed by atoms with E-state index in [0.717, 1.165) is 37.0 Å². The number of hydrogen-bond donors (Lipinski definition) is 0. The molecule has 35 heavy (non-hydrogen) atoms. The number of allylic oxidation sites excluding steroid dienone is 2. The van der Waals surface area contributed by atoms with Crippen molar-refractivity contribution >= 4 is 17.5 Å². The molecule has 0 saturated heterocycles. The smallest absolute Gasteiger partial charge is 0.315 e. The van der Waals surface area contributed by atoms with Gasteiger partial charge in [-0.05, 0) is 74.3 Å². The summed E-state index contributed by atoms with van der Waals surface area (Å²) >= 11 is 0. The summed E-state index contributed by atoms with van der Waals surface area (Å²) in [5, 5.41) is 0. The van der Waals surface area contributed by atoms with Crippen molar-refractivity contribution in [2.45, 2.75) is 63.4 Å². The highest BCUT2D eigenvalue weighted by atomic mass is 19.1. The normalized spacial score (nSPS) is 24.7. The zero-order chi connectivity index (χ0) is 24.5. The van der Waals surface area contributed by atoms with Gasteiger partial charge in [-0.3, -0.25) is 14.6 Å². The molecule has 2 aliphatic carbocycles. The van der Waals surface area contributed by atoms with Gasteiger partial charge < -0.3 is 9.47 Å². The second-order valence-electron chi connectivity index (χ2n) is 9.74. The molecule has 2 aromatic carbocycles. The Balaban J connectivity index is 1.53. The lowest BCUT2D eigenvalue weighted by atomic mass is 9.69. The van der Waals surface area contributed by atoms with Crippen LogP contribution in [-0.4, -0.2) is 30.7 Å². The van der Waals surface area contributed by atoms with Gasteiger partial charge in [-0.15, -0.1) is 0 Å². The monoisotopic (exact) mass is 475 g/mol. The SMILES string of the molecule is COc1ccc([C@@H]2CC(=O)C3=C(C2)N=C(C)C(C(=O)OC2CCCC2)[C@H]3c2ccccc2F)cc1. The predicted molar refractivity (Wildman–Crippen MR) is 131 cm³/mol. The first-order valence-corrected chi connectivity index (χ1v) is 12.4. The van der Waals surface area contributed by atoms with Gasteiger partial charge in [0.15, 0.2) is 5.78 Å². The zero-order valence-electron chi connectivity index (χ0n) is 20.1. The number of hydrogen-bond acceptors (Lipinski definition) is 5. The largest absolute Gasteiger partial charge is 0.497 e. The lowest BCUT2D eigenvalue weighted by molar-refractivity contribution is -0.151. The van der Waals surface area contributed by atoms with Gasteiger partial charge in [0.25, 0.3) is 0 Å². The molecule has 1 saturated carbocycles. The zero-order valence-corrected chi connectivity index (χ0v) is 20.1. The molecule has 1 aliphatic heterocycles. The molecule has 5 rings (SSSR count). The number of halogens is 1. The lowest BCUT2D eigenvalue weighted by Crippen LogP contribution is -2.39. The second-order valence-corrected chi connectivity index (χ2v) is 9.74. The van der Waals surface area contributed by atoms with E-state index in [1.807, 2.05) is 24.3 Å². The number of ether oxygens (including phenoxy) is 2. The van der Waals surface area contributed by atoms with E-state index in [2.05, 4.69) is 0 Å². The Morgan fingerprint density at radius 3 is 2.43 bits per heavy atom. The molecule has 2 aromatic rings. The Hall–Kier alpha value is -3.28. The van der Waals surface area contributed by atoms with Crippen LogP contribution in [0, 0.1) is 11.7 Å². The van der Waals surface area contributed by atoms with Crippen LogP contribution in [0.3, 0.4) is 0 Å². The Labute approximate surface area is 205 Å². The molecule has 5 nitrogen and oxygen atoms in total. The highest BCUT2D eigenvalue weighted by Gasteiger charge is 2.46. The summed E-state index contributed by atoms with van der Waals surface area (Å²) in [4.78, 5) is 31.8. The molecule has 0 bridgehead atoms. The van der Waals surface area contributed by atoms with E-state index in [9.17, 15) is 9.59 Å². The van der Waals surface area contributed by atoms with Crippen LogP contribution in [-0.2, 0) is 14.3 Å². The molecule has 0 amide bonds. The molecule has 0 aromatic heterocycles. The van der Waals surface area contributed by atoms with Gasteiger partial charge in [-0.25, -0.2) is 4.39 Å². The molecule has 1 heterocycles. The Morgan fingerprint density at radius 1 is 1.03 bits per heavy atom. The van der Waals surface area contributed by atoms with Gasteiger partial charge in [0.1, 0.15) is 23.6 Å². The van der Waals surface area contributed by atoms with Crippen LogP contribution >= 0.6 is 0 Å². The molecule has 3 atom stereocenters. The van der Waals surface area contributed by atoms with Crippen molar-refractivity contribution in [1.82, 2.24) is 0 Å². The highest BCUT2D eigenvalue weighted by molar-refractivity contribution is 6.09. The maximum atomic E-state index is 15.1. The fourth-order valence-electron chi connectivity index (χ4n) is 5.78. The van der Waals surface area contributed by atoms with E-state index in [4.69, 9.17) is 14.5 Å². The van der Waals surface area contributed by atoms with Gasteiger partial charge in [-0.2, -0.15) is 0 Å². The van der Waals surface area contributed by atoms with Crippen molar-refractivity contribution in [2.24, 2.45) is 10.9 Å². The first-order valence-electron chi connectivity index (χ1n) is 12.4. The summed E-state index contributed by atoms with van der Waals surface area (Å²) in [6.45, 7) is 1.79. The van der Waals surface area contributed by atoms with Crippen LogP contribution in [0.15, 0.2) is 64.8 Å². The third-order valence-electron chi connectivity index (χ3n) is 7.56. The second kappa shape index (κ2) is 9.76. The summed E-state index contributed by atoms with van der Waals surface area (Å²) in [5.74, 6) is -1.76. The number of aliphatic imine (C=N–C) groups is 1. The van der Waals surface area contributed by atoms with Crippen LogP contribution in [0.4, 0.5) is 4.39 Å². The summed E-state index contributed by atoms with van der Waals surface area (Å²) in [5.41, 5.74) is 3.06. The number of rotatable bonds is 5. The molecule has 1 fully saturated rings. The summed E-state index contributed by atoms with van der Waals surface area (Å²) in [7, 11) is 1.62. The fourth-order valence-corrected chi connectivity index (χ4v) is 5.78. The number of carbonyl (C=O) groups is 2. The van der Waals surface area contributed by atoms with Gasteiger partial charge in [0.05, 0.1) is 7.11 Å². The summed E-state index contributed by atoms with van der Waals surface area (Å²) in [6, 6.07) is 14.1. The number of carbonyl (C=O) groups excluding carboxylic acids is 2. The molecular weight excluding hydrogens is 445 g/mol. The van der Waals surface area contributed by atoms with Crippen LogP contribution in [0.25, 0.3) is 0 Å². The Bertz CT molecular complexity index is 1190. The molecule has 0 spiro atoms. The minimum absolute atomic E-state index is 0.0352. The maximum Gasteiger partial charge on any atom is 0.315 e. The fraction of sp³-hybridized carbons (Fsp3) is 0.414. The van der Waals surface area contributed by atoms with Gasteiger partial charge in [0.2, 0.25) is 0 Å². The third kappa shape index (κ3) is 4.54. The highest BCUT2D eigenvalue weighted by Crippen LogP contribution is 2.47. The van der Waals surface area contributed by atoms with E-state index < -0.39 is 23.6 Å². The number of nitrogens with zero attached hydrogens (tertiary/aromatic N) is 1. The van der Waals surface area contributed by atoms with E-state index in [1.54, 1.807) is 32.2 Å². The van der Waals surface area contributed by atoms with Crippen LogP contribution in [0.2, 0.25) is 0 Å². The topological polar surface area (TPSA) is 65.0 Å². The number of methoxy groups -OCH3 is 1.